The van der Waals surface area contributed by atoms with E-state index >= 15 is 0 Å². The summed E-state index contributed by atoms with van der Waals surface area (Å²) in [5, 5.41) is 15.9. The standard InChI is InChI=1S/C16H16N4O4/c1-16(2,3)15(21)24-19-13-7-6-10(20(22)23)9-11(13)14(18-19)12-5-4-8-17-12/h4-9,17H,1-3H3. The van der Waals surface area contributed by atoms with Gasteiger partial charge in [-0.3, -0.25) is 10.1 Å². The number of aromatic nitrogens is 3. The summed E-state index contributed by atoms with van der Waals surface area (Å²) in [7, 11) is 0. The fraction of sp³-hybridized carbons (Fsp3) is 0.250. The van der Waals surface area contributed by atoms with Crippen LogP contribution in [0.15, 0.2) is 36.5 Å². The Labute approximate surface area is 137 Å². The molecule has 0 amide bonds. The number of non-ortho nitro benzene ring substituents is 1. The molecule has 0 saturated heterocycles. The lowest BCUT2D eigenvalue weighted by Gasteiger charge is -2.15. The first-order chi connectivity index (χ1) is 11.3. The van der Waals surface area contributed by atoms with E-state index in [4.69, 9.17) is 4.84 Å². The maximum Gasteiger partial charge on any atom is 0.340 e. The zero-order chi connectivity index (χ0) is 17.5. The molecule has 124 valence electrons. The van der Waals surface area contributed by atoms with Crippen molar-refractivity contribution in [2.24, 2.45) is 5.41 Å². The number of rotatable bonds is 3. The second-order valence-electron chi connectivity index (χ2n) is 6.39. The molecule has 1 aromatic carbocycles. The van der Waals surface area contributed by atoms with E-state index in [-0.39, 0.29) is 5.69 Å². The molecular weight excluding hydrogens is 312 g/mol. The Bertz CT molecular complexity index is 920. The van der Waals surface area contributed by atoms with Gasteiger partial charge in [0.15, 0.2) is 0 Å². The molecular formula is C16H16N4O4. The Morgan fingerprint density at radius 1 is 1.33 bits per heavy atom. The highest BCUT2D eigenvalue weighted by Crippen LogP contribution is 2.30. The fourth-order valence-electron chi connectivity index (χ4n) is 2.15. The van der Waals surface area contributed by atoms with Crippen LogP contribution in [0.4, 0.5) is 5.69 Å². The van der Waals surface area contributed by atoms with Gasteiger partial charge in [-0.2, -0.15) is 0 Å². The van der Waals surface area contributed by atoms with E-state index in [9.17, 15) is 14.9 Å². The highest BCUT2D eigenvalue weighted by molar-refractivity contribution is 5.94. The van der Waals surface area contributed by atoms with Gasteiger partial charge in [-0.1, -0.05) is 4.85 Å². The number of nitrogens with zero attached hydrogens (tertiary/aromatic N) is 3. The third-order valence-electron chi connectivity index (χ3n) is 3.48. The van der Waals surface area contributed by atoms with Crippen molar-refractivity contribution in [3.8, 4) is 11.4 Å². The predicted molar refractivity (Wildman–Crippen MR) is 87.2 cm³/mol. The maximum absolute atomic E-state index is 12.1. The van der Waals surface area contributed by atoms with Gasteiger partial charge >= 0.3 is 5.97 Å². The minimum absolute atomic E-state index is 0.0583. The number of hydrogen-bond acceptors (Lipinski definition) is 5. The average molecular weight is 328 g/mol. The van der Waals surface area contributed by atoms with Crippen LogP contribution < -0.4 is 4.84 Å². The zero-order valence-corrected chi connectivity index (χ0v) is 13.4. The van der Waals surface area contributed by atoms with E-state index in [1.165, 1.54) is 18.2 Å². The van der Waals surface area contributed by atoms with Gasteiger partial charge in [0.1, 0.15) is 11.2 Å². The van der Waals surface area contributed by atoms with Gasteiger partial charge < -0.3 is 9.82 Å². The van der Waals surface area contributed by atoms with Crippen LogP contribution in [0.2, 0.25) is 0 Å². The lowest BCUT2D eigenvalue weighted by atomic mass is 9.98. The molecule has 0 aliphatic carbocycles. The highest BCUT2D eigenvalue weighted by atomic mass is 16.7. The number of nitrogens with one attached hydrogen (secondary N) is 1. The first kappa shape index (κ1) is 15.7. The summed E-state index contributed by atoms with van der Waals surface area (Å²) in [5.41, 5.74) is 0.859. The second kappa shape index (κ2) is 5.48. The summed E-state index contributed by atoms with van der Waals surface area (Å²) < 4.78 is 0. The lowest BCUT2D eigenvalue weighted by Crippen LogP contribution is -2.31. The Morgan fingerprint density at radius 2 is 2.08 bits per heavy atom. The van der Waals surface area contributed by atoms with Gasteiger partial charge in [0.25, 0.3) is 5.69 Å². The summed E-state index contributed by atoms with van der Waals surface area (Å²) in [4.78, 5) is 32.2. The second-order valence-corrected chi connectivity index (χ2v) is 6.39. The van der Waals surface area contributed by atoms with Gasteiger partial charge in [0.2, 0.25) is 0 Å². The molecule has 0 bridgehead atoms. The predicted octanol–water partition coefficient (Wildman–Crippen LogP) is 2.94. The van der Waals surface area contributed by atoms with E-state index in [2.05, 4.69) is 10.1 Å². The number of hydrogen-bond donors (Lipinski definition) is 1. The molecule has 3 aromatic rings. The monoisotopic (exact) mass is 328 g/mol. The van der Waals surface area contributed by atoms with E-state index in [0.29, 0.717) is 22.3 Å². The van der Waals surface area contributed by atoms with Crippen LogP contribution in [-0.4, -0.2) is 25.8 Å². The van der Waals surface area contributed by atoms with Crippen LogP contribution in [0.25, 0.3) is 22.3 Å². The highest BCUT2D eigenvalue weighted by Gasteiger charge is 2.26. The molecule has 0 aliphatic heterocycles. The van der Waals surface area contributed by atoms with Crippen LogP contribution in [0.1, 0.15) is 20.8 Å². The van der Waals surface area contributed by atoms with Crippen molar-refractivity contribution < 1.29 is 14.6 Å². The molecule has 0 fully saturated rings. The van der Waals surface area contributed by atoms with E-state index < -0.39 is 16.3 Å². The Kier molecular flexibility index (Phi) is 3.59. The SMILES string of the molecule is CC(C)(C)C(=O)On1nc(-c2ccc[nH]2)c2cc([N+](=O)[O-])ccc21. The number of carbonyl (C=O) groups is 1. The summed E-state index contributed by atoms with van der Waals surface area (Å²) in [6.45, 7) is 5.20. The number of nitro groups is 1. The van der Waals surface area contributed by atoms with E-state index in [1.807, 2.05) is 0 Å². The Morgan fingerprint density at radius 3 is 2.67 bits per heavy atom. The van der Waals surface area contributed by atoms with E-state index in [0.717, 1.165) is 4.85 Å². The quantitative estimate of drug-likeness (QED) is 0.588. The number of fused-ring (bicyclic) bond motifs is 1. The number of carbonyl (C=O) groups excluding carboxylic acids is 1. The van der Waals surface area contributed by atoms with Crippen molar-refractivity contribution in [2.45, 2.75) is 20.8 Å². The summed E-state index contributed by atoms with van der Waals surface area (Å²) >= 11 is 0. The molecule has 0 radical (unpaired) electrons. The molecule has 0 aliphatic rings. The van der Waals surface area contributed by atoms with Crippen molar-refractivity contribution in [2.75, 3.05) is 0 Å². The lowest BCUT2D eigenvalue weighted by molar-refractivity contribution is -0.384. The molecule has 0 saturated carbocycles. The first-order valence-corrected chi connectivity index (χ1v) is 7.31. The molecule has 0 unspecified atom stereocenters. The molecule has 1 N–H and O–H groups in total. The largest absolute Gasteiger partial charge is 0.360 e. The van der Waals surface area contributed by atoms with Gasteiger partial charge in [-0.15, -0.1) is 5.10 Å². The maximum atomic E-state index is 12.1. The molecule has 2 heterocycles. The minimum Gasteiger partial charge on any atom is -0.360 e. The number of benzene rings is 1. The van der Waals surface area contributed by atoms with Crippen molar-refractivity contribution in [1.82, 2.24) is 14.9 Å². The van der Waals surface area contributed by atoms with Crippen molar-refractivity contribution in [1.29, 1.82) is 0 Å². The minimum atomic E-state index is -0.703. The normalized spacial score (nSPS) is 11.6. The summed E-state index contributed by atoms with van der Waals surface area (Å²) in [5.74, 6) is -0.455. The van der Waals surface area contributed by atoms with Gasteiger partial charge in [-0.05, 0) is 39.0 Å². The van der Waals surface area contributed by atoms with Crippen LogP contribution in [0.5, 0.6) is 0 Å². The van der Waals surface area contributed by atoms with Crippen molar-refractivity contribution in [3.63, 3.8) is 0 Å². The number of nitro benzene ring substituents is 1. The molecule has 0 atom stereocenters. The van der Waals surface area contributed by atoms with E-state index in [1.54, 1.807) is 39.1 Å². The zero-order valence-electron chi connectivity index (χ0n) is 13.4. The van der Waals surface area contributed by atoms with Crippen molar-refractivity contribution >= 4 is 22.6 Å². The van der Waals surface area contributed by atoms with Gasteiger partial charge in [-0.25, -0.2) is 4.79 Å². The fourth-order valence-corrected chi connectivity index (χ4v) is 2.15. The third-order valence-corrected chi connectivity index (χ3v) is 3.48. The number of aromatic amines is 1. The molecule has 0 spiro atoms. The smallest absolute Gasteiger partial charge is 0.340 e. The third kappa shape index (κ3) is 2.73. The average Bonchev–Trinajstić information content (AvgIpc) is 3.13. The van der Waals surface area contributed by atoms with Crippen LogP contribution in [0.3, 0.4) is 0 Å². The van der Waals surface area contributed by atoms with Gasteiger partial charge in [0.05, 0.1) is 16.0 Å². The van der Waals surface area contributed by atoms with Crippen LogP contribution in [0, 0.1) is 15.5 Å². The van der Waals surface area contributed by atoms with Crippen LogP contribution in [-0.2, 0) is 4.79 Å². The molecule has 8 nitrogen and oxygen atoms in total. The first-order valence-electron chi connectivity index (χ1n) is 7.31. The van der Waals surface area contributed by atoms with Crippen LogP contribution >= 0.6 is 0 Å². The molecule has 8 heteroatoms. The topological polar surface area (TPSA) is 103 Å². The van der Waals surface area contributed by atoms with Gasteiger partial charge in [0, 0.05) is 23.7 Å². The molecule has 3 rings (SSSR count). The van der Waals surface area contributed by atoms with Crippen molar-refractivity contribution in [3.05, 3.63) is 46.6 Å². The Balaban J connectivity index is 2.17. The Hall–Kier alpha value is -3.16. The molecule has 2 aromatic heterocycles. The summed E-state index contributed by atoms with van der Waals surface area (Å²) in [6.07, 6.45) is 1.72. The summed E-state index contributed by atoms with van der Waals surface area (Å²) in [6, 6.07) is 7.86. The number of H-pyrrole nitrogens is 1. The molecule has 24 heavy (non-hydrogen) atoms.